The van der Waals surface area contributed by atoms with E-state index < -0.39 is 11.7 Å². The molecule has 0 radical (unpaired) electrons. The highest BCUT2D eigenvalue weighted by atomic mass is 35.5. The minimum absolute atomic E-state index is 0.0384. The van der Waals surface area contributed by atoms with Crippen LogP contribution < -0.4 is 5.32 Å². The SMILES string of the molecule is CCC(CNc1ncc(C(F)(F)F)cn1)N(C)C(=O)c1cc(Cl)ccc1-n1nccn1. The molecule has 0 saturated carbocycles. The first-order valence-electron chi connectivity index (χ1n) is 9.27. The Morgan fingerprint density at radius 3 is 2.45 bits per heavy atom. The molecule has 3 aromatic rings. The van der Waals surface area contributed by atoms with Gasteiger partial charge in [0, 0.05) is 37.1 Å². The van der Waals surface area contributed by atoms with Gasteiger partial charge in [-0.3, -0.25) is 4.79 Å². The van der Waals surface area contributed by atoms with Gasteiger partial charge in [0.2, 0.25) is 5.95 Å². The van der Waals surface area contributed by atoms with E-state index in [0.29, 0.717) is 35.1 Å². The Hall–Kier alpha value is -3.21. The number of halogens is 4. The molecule has 164 valence electrons. The van der Waals surface area contributed by atoms with Crippen LogP contribution in [-0.4, -0.2) is 55.4 Å². The summed E-state index contributed by atoms with van der Waals surface area (Å²) in [6.07, 6.45) is 0.479. The fourth-order valence-corrected chi connectivity index (χ4v) is 3.05. The Bertz CT molecular complexity index is 1030. The number of hydrogen-bond donors (Lipinski definition) is 1. The van der Waals surface area contributed by atoms with Crippen LogP contribution in [0.5, 0.6) is 0 Å². The molecule has 8 nitrogen and oxygen atoms in total. The van der Waals surface area contributed by atoms with E-state index in [1.807, 2.05) is 6.92 Å². The largest absolute Gasteiger partial charge is 0.419 e. The molecule has 0 aliphatic heterocycles. The molecule has 1 unspecified atom stereocenters. The van der Waals surface area contributed by atoms with Crippen LogP contribution in [0.15, 0.2) is 43.0 Å². The zero-order valence-corrected chi connectivity index (χ0v) is 17.4. The molecule has 1 N–H and O–H groups in total. The zero-order valence-electron chi connectivity index (χ0n) is 16.6. The van der Waals surface area contributed by atoms with Gasteiger partial charge in [0.05, 0.1) is 29.2 Å². The average Bonchev–Trinajstić information content (AvgIpc) is 3.27. The van der Waals surface area contributed by atoms with Gasteiger partial charge in [-0.25, -0.2) is 9.97 Å². The average molecular weight is 454 g/mol. The molecule has 2 aromatic heterocycles. The van der Waals surface area contributed by atoms with Crippen LogP contribution in [0.3, 0.4) is 0 Å². The maximum Gasteiger partial charge on any atom is 0.419 e. The van der Waals surface area contributed by atoms with Crippen molar-refractivity contribution in [1.29, 1.82) is 0 Å². The van der Waals surface area contributed by atoms with E-state index in [0.717, 1.165) is 0 Å². The minimum Gasteiger partial charge on any atom is -0.352 e. The number of benzene rings is 1. The third kappa shape index (κ3) is 5.29. The molecular formula is C19H19ClF3N7O. The summed E-state index contributed by atoms with van der Waals surface area (Å²) in [6.45, 7) is 2.12. The molecular weight excluding hydrogens is 435 g/mol. The standard InChI is InChI=1S/C19H19ClF3N7O/c1-3-14(11-26-18-24-9-12(10-25-18)19(21,22)23)29(2)17(31)15-8-13(20)4-5-16(15)30-27-6-7-28-30/h4-10,14H,3,11H2,1-2H3,(H,24,25,26). The highest BCUT2D eigenvalue weighted by Gasteiger charge is 2.31. The van der Waals surface area contributed by atoms with Crippen molar-refractivity contribution in [3.8, 4) is 5.69 Å². The van der Waals surface area contributed by atoms with Crippen LogP contribution in [0.2, 0.25) is 5.02 Å². The van der Waals surface area contributed by atoms with Crippen LogP contribution in [-0.2, 0) is 6.18 Å². The summed E-state index contributed by atoms with van der Waals surface area (Å²) in [5.41, 5.74) is -0.145. The summed E-state index contributed by atoms with van der Waals surface area (Å²) in [5, 5.41) is 11.4. The lowest BCUT2D eigenvalue weighted by Gasteiger charge is -2.28. The predicted octanol–water partition coefficient (Wildman–Crippen LogP) is 3.69. The molecule has 0 bridgehead atoms. The Kier molecular flexibility index (Phi) is 6.74. The minimum atomic E-state index is -4.50. The third-order valence-corrected chi connectivity index (χ3v) is 4.87. The van der Waals surface area contributed by atoms with Crippen molar-refractivity contribution < 1.29 is 18.0 Å². The fourth-order valence-electron chi connectivity index (χ4n) is 2.88. The molecule has 0 aliphatic rings. The number of hydrogen-bond acceptors (Lipinski definition) is 6. The van der Waals surface area contributed by atoms with Crippen LogP contribution in [0.25, 0.3) is 5.69 Å². The number of carbonyl (C=O) groups excluding carboxylic acids is 1. The van der Waals surface area contributed by atoms with Crippen molar-refractivity contribution >= 4 is 23.5 Å². The lowest BCUT2D eigenvalue weighted by atomic mass is 10.1. The van der Waals surface area contributed by atoms with Crippen molar-refractivity contribution in [2.75, 3.05) is 18.9 Å². The predicted molar refractivity (Wildman–Crippen MR) is 108 cm³/mol. The lowest BCUT2D eigenvalue weighted by Crippen LogP contribution is -2.41. The molecule has 1 atom stereocenters. The summed E-state index contributed by atoms with van der Waals surface area (Å²) < 4.78 is 37.9. The van der Waals surface area contributed by atoms with E-state index in [9.17, 15) is 18.0 Å². The van der Waals surface area contributed by atoms with Crippen LogP contribution in [0, 0.1) is 0 Å². The normalized spacial score (nSPS) is 12.5. The highest BCUT2D eigenvalue weighted by molar-refractivity contribution is 6.31. The third-order valence-electron chi connectivity index (χ3n) is 4.64. The van der Waals surface area contributed by atoms with Crippen molar-refractivity contribution in [3.05, 3.63) is 59.1 Å². The van der Waals surface area contributed by atoms with Crippen LogP contribution >= 0.6 is 11.6 Å². The topological polar surface area (TPSA) is 88.8 Å². The fraction of sp³-hybridized carbons (Fsp3) is 0.316. The lowest BCUT2D eigenvalue weighted by molar-refractivity contribution is -0.138. The van der Waals surface area contributed by atoms with Crippen molar-refractivity contribution in [1.82, 2.24) is 29.9 Å². The molecule has 1 amide bonds. The first-order chi connectivity index (χ1) is 14.7. The number of anilines is 1. The molecule has 12 heteroatoms. The van der Waals surface area contributed by atoms with Gasteiger partial charge in [-0.1, -0.05) is 18.5 Å². The van der Waals surface area contributed by atoms with Crippen LogP contribution in [0.1, 0.15) is 29.3 Å². The van der Waals surface area contributed by atoms with Crippen LogP contribution in [0.4, 0.5) is 19.1 Å². The Morgan fingerprint density at radius 1 is 1.23 bits per heavy atom. The second-order valence-corrected chi connectivity index (χ2v) is 7.07. The second-order valence-electron chi connectivity index (χ2n) is 6.63. The Labute approximate surface area is 181 Å². The van der Waals surface area contributed by atoms with Crippen molar-refractivity contribution in [2.45, 2.75) is 25.6 Å². The summed E-state index contributed by atoms with van der Waals surface area (Å²) >= 11 is 6.10. The van der Waals surface area contributed by atoms with E-state index in [1.54, 1.807) is 19.2 Å². The first kappa shape index (κ1) is 22.5. The van der Waals surface area contributed by atoms with E-state index >= 15 is 0 Å². The van der Waals surface area contributed by atoms with Gasteiger partial charge in [-0.05, 0) is 24.6 Å². The highest BCUT2D eigenvalue weighted by Crippen LogP contribution is 2.28. The van der Waals surface area contributed by atoms with Gasteiger partial charge in [-0.15, -0.1) is 0 Å². The quantitative estimate of drug-likeness (QED) is 0.587. The number of rotatable bonds is 7. The number of alkyl halides is 3. The van der Waals surface area contributed by atoms with Gasteiger partial charge >= 0.3 is 6.18 Å². The Morgan fingerprint density at radius 2 is 1.87 bits per heavy atom. The van der Waals surface area contributed by atoms with Gasteiger partial charge in [0.15, 0.2) is 0 Å². The van der Waals surface area contributed by atoms with Gasteiger partial charge < -0.3 is 10.2 Å². The number of nitrogens with zero attached hydrogens (tertiary/aromatic N) is 6. The second kappa shape index (κ2) is 9.29. The maximum atomic E-state index is 13.2. The van der Waals surface area contributed by atoms with Gasteiger partial charge in [0.1, 0.15) is 0 Å². The summed E-state index contributed by atoms with van der Waals surface area (Å²) in [6, 6.07) is 4.53. The number of amides is 1. The van der Waals surface area contributed by atoms with E-state index in [2.05, 4.69) is 25.5 Å². The molecule has 0 aliphatic carbocycles. The first-order valence-corrected chi connectivity index (χ1v) is 9.65. The Balaban J connectivity index is 1.74. The molecule has 0 saturated heterocycles. The molecule has 0 spiro atoms. The summed E-state index contributed by atoms with van der Waals surface area (Å²) in [5.74, 6) is -0.270. The number of carbonyl (C=O) groups is 1. The molecule has 2 heterocycles. The monoisotopic (exact) mass is 453 g/mol. The molecule has 3 rings (SSSR count). The summed E-state index contributed by atoms with van der Waals surface area (Å²) in [4.78, 5) is 23.4. The molecule has 0 fully saturated rings. The number of aromatic nitrogens is 5. The summed E-state index contributed by atoms with van der Waals surface area (Å²) in [7, 11) is 1.63. The van der Waals surface area contributed by atoms with Gasteiger partial charge in [0.25, 0.3) is 5.91 Å². The molecule has 31 heavy (non-hydrogen) atoms. The van der Waals surface area contributed by atoms with E-state index in [1.165, 1.54) is 28.2 Å². The van der Waals surface area contributed by atoms with Crippen molar-refractivity contribution in [2.24, 2.45) is 0 Å². The smallest absolute Gasteiger partial charge is 0.352 e. The number of nitrogens with one attached hydrogen (secondary N) is 1. The van der Waals surface area contributed by atoms with Gasteiger partial charge in [-0.2, -0.15) is 28.2 Å². The van der Waals surface area contributed by atoms with E-state index in [-0.39, 0.29) is 24.4 Å². The maximum absolute atomic E-state index is 13.2. The van der Waals surface area contributed by atoms with E-state index in [4.69, 9.17) is 11.6 Å². The zero-order chi connectivity index (χ0) is 22.6. The number of likely N-dealkylation sites (N-methyl/N-ethyl adjacent to an activating group) is 1. The van der Waals surface area contributed by atoms with Crippen molar-refractivity contribution in [3.63, 3.8) is 0 Å². The molecule has 1 aromatic carbocycles.